The summed E-state index contributed by atoms with van der Waals surface area (Å²) in [7, 11) is 0. The largest absolute Gasteiger partial charge is 0.494 e. The number of benzene rings is 2. The number of nitrogens with zero attached hydrogens (tertiary/aromatic N) is 1. The van der Waals surface area contributed by atoms with Crippen molar-refractivity contribution in [2.24, 2.45) is 4.99 Å². The van der Waals surface area contributed by atoms with Gasteiger partial charge in [0.1, 0.15) is 11.5 Å². The molecule has 1 fully saturated rings. The third-order valence-corrected chi connectivity index (χ3v) is 4.73. The van der Waals surface area contributed by atoms with Crippen LogP contribution in [0.4, 0.5) is 5.69 Å². The molecule has 1 heterocycles. The molecule has 0 radical (unpaired) electrons. The monoisotopic (exact) mass is 402 g/mol. The first-order chi connectivity index (χ1) is 13.1. The number of amidine groups is 1. The van der Waals surface area contributed by atoms with Crippen LogP contribution in [0.15, 0.2) is 52.4 Å². The molecule has 0 unspecified atom stereocenters. The molecule has 1 N–H and O–H groups in total. The molecule has 2 aromatic rings. The van der Waals surface area contributed by atoms with E-state index in [9.17, 15) is 4.79 Å². The fourth-order valence-corrected chi connectivity index (χ4v) is 3.45. The Hall–Kier alpha value is -2.44. The second-order valence-corrected chi connectivity index (χ2v) is 6.99. The van der Waals surface area contributed by atoms with E-state index in [1.165, 1.54) is 11.8 Å². The second kappa shape index (κ2) is 8.97. The summed E-state index contributed by atoms with van der Waals surface area (Å²) in [5, 5.41) is 3.88. The molecule has 27 heavy (non-hydrogen) atoms. The fraction of sp³-hybridized carbons (Fsp3) is 0.200. The Morgan fingerprint density at radius 1 is 1.11 bits per heavy atom. The van der Waals surface area contributed by atoms with Crippen LogP contribution < -0.4 is 14.8 Å². The number of carbonyl (C=O) groups is 1. The van der Waals surface area contributed by atoms with Gasteiger partial charge in [0.05, 0.1) is 23.8 Å². The maximum Gasteiger partial charge on any atom is 0.264 e. The van der Waals surface area contributed by atoms with Gasteiger partial charge in [-0.1, -0.05) is 11.6 Å². The van der Waals surface area contributed by atoms with Gasteiger partial charge in [-0.3, -0.25) is 4.79 Å². The Labute approximate surface area is 167 Å². The number of hydrogen-bond donors (Lipinski definition) is 1. The van der Waals surface area contributed by atoms with Crippen LogP contribution >= 0.6 is 23.4 Å². The van der Waals surface area contributed by atoms with E-state index >= 15 is 0 Å². The average Bonchev–Trinajstić information content (AvgIpc) is 2.98. The number of ether oxygens (including phenoxy) is 2. The van der Waals surface area contributed by atoms with Gasteiger partial charge in [-0.25, -0.2) is 4.99 Å². The maximum atomic E-state index is 12.3. The van der Waals surface area contributed by atoms with Crippen LogP contribution in [0.3, 0.4) is 0 Å². The Bertz CT molecular complexity index is 895. The molecule has 1 aliphatic rings. The normalized spacial score (nSPS) is 16.6. The quantitative estimate of drug-likeness (QED) is 0.688. The van der Waals surface area contributed by atoms with E-state index in [1.807, 2.05) is 38.1 Å². The summed E-state index contributed by atoms with van der Waals surface area (Å²) in [6.07, 6.45) is 1.76. The van der Waals surface area contributed by atoms with E-state index in [-0.39, 0.29) is 5.91 Å². The highest BCUT2D eigenvalue weighted by atomic mass is 35.5. The van der Waals surface area contributed by atoms with Crippen LogP contribution in [-0.4, -0.2) is 24.3 Å². The van der Waals surface area contributed by atoms with Crippen molar-refractivity contribution in [3.8, 4) is 11.5 Å². The van der Waals surface area contributed by atoms with Crippen LogP contribution in [0.5, 0.6) is 11.5 Å². The predicted molar refractivity (Wildman–Crippen MR) is 111 cm³/mol. The molecular weight excluding hydrogens is 384 g/mol. The Balaban J connectivity index is 1.81. The topological polar surface area (TPSA) is 59.9 Å². The standard InChI is InChI=1S/C20H19ClN2O3S/c1-3-25-16-8-6-15(7-9-16)22-20-23-19(24)18(27-20)12-13-11-14(21)5-10-17(13)26-4-2/h5-12H,3-4H2,1-2H3,(H,22,23,24)/b18-12-. The summed E-state index contributed by atoms with van der Waals surface area (Å²) >= 11 is 7.36. The van der Waals surface area contributed by atoms with Crippen molar-refractivity contribution in [3.05, 3.63) is 58.0 Å². The van der Waals surface area contributed by atoms with Gasteiger partial charge in [0, 0.05) is 10.6 Å². The summed E-state index contributed by atoms with van der Waals surface area (Å²) in [6.45, 7) is 4.98. The van der Waals surface area contributed by atoms with Crippen LogP contribution in [0.1, 0.15) is 19.4 Å². The molecule has 0 atom stereocenters. The van der Waals surface area contributed by atoms with Gasteiger partial charge in [-0.2, -0.15) is 0 Å². The minimum Gasteiger partial charge on any atom is -0.494 e. The van der Waals surface area contributed by atoms with E-state index in [2.05, 4.69) is 10.3 Å². The Morgan fingerprint density at radius 3 is 2.56 bits per heavy atom. The van der Waals surface area contributed by atoms with Crippen molar-refractivity contribution < 1.29 is 14.3 Å². The minimum absolute atomic E-state index is 0.202. The Morgan fingerprint density at radius 2 is 1.85 bits per heavy atom. The first-order valence-electron chi connectivity index (χ1n) is 8.54. The van der Waals surface area contributed by atoms with Crippen molar-refractivity contribution in [3.63, 3.8) is 0 Å². The zero-order chi connectivity index (χ0) is 19.2. The molecule has 1 saturated heterocycles. The van der Waals surface area contributed by atoms with E-state index in [1.54, 1.807) is 24.3 Å². The number of halogens is 1. The molecule has 1 aliphatic heterocycles. The smallest absolute Gasteiger partial charge is 0.264 e. The summed E-state index contributed by atoms with van der Waals surface area (Å²) in [5.74, 6) is 1.27. The number of thioether (sulfide) groups is 1. The van der Waals surface area contributed by atoms with Gasteiger partial charge in [0.2, 0.25) is 0 Å². The predicted octanol–water partition coefficient (Wildman–Crippen LogP) is 5.03. The summed E-state index contributed by atoms with van der Waals surface area (Å²) in [4.78, 5) is 17.3. The molecule has 7 heteroatoms. The molecule has 0 bridgehead atoms. The molecule has 0 aromatic heterocycles. The summed E-state index contributed by atoms with van der Waals surface area (Å²) in [5.41, 5.74) is 1.49. The highest BCUT2D eigenvalue weighted by Gasteiger charge is 2.24. The first-order valence-corrected chi connectivity index (χ1v) is 9.73. The molecule has 3 rings (SSSR count). The van der Waals surface area contributed by atoms with Gasteiger partial charge < -0.3 is 14.8 Å². The number of amides is 1. The lowest BCUT2D eigenvalue weighted by atomic mass is 10.2. The van der Waals surface area contributed by atoms with Crippen LogP contribution in [0, 0.1) is 0 Å². The lowest BCUT2D eigenvalue weighted by Crippen LogP contribution is -2.19. The van der Waals surface area contributed by atoms with E-state index < -0.39 is 0 Å². The summed E-state index contributed by atoms with van der Waals surface area (Å²) in [6, 6.07) is 12.7. The van der Waals surface area contributed by atoms with Gasteiger partial charge in [-0.05, 0) is 74.1 Å². The SMILES string of the molecule is CCOc1ccc(N=C2NC(=O)/C(=C/c3cc(Cl)ccc3OCC)S2)cc1. The van der Waals surface area contributed by atoms with Gasteiger partial charge >= 0.3 is 0 Å². The number of nitrogens with one attached hydrogen (secondary N) is 1. The van der Waals surface area contributed by atoms with E-state index in [4.69, 9.17) is 21.1 Å². The molecular formula is C20H19ClN2O3S. The van der Waals surface area contributed by atoms with Crippen molar-refractivity contribution in [1.29, 1.82) is 0 Å². The highest BCUT2D eigenvalue weighted by Crippen LogP contribution is 2.32. The maximum absolute atomic E-state index is 12.3. The zero-order valence-electron chi connectivity index (χ0n) is 15.0. The van der Waals surface area contributed by atoms with E-state index in [0.29, 0.717) is 34.1 Å². The molecule has 1 amide bonds. The number of aliphatic imine (C=N–C) groups is 1. The third-order valence-electron chi connectivity index (χ3n) is 3.59. The fourth-order valence-electron chi connectivity index (χ4n) is 2.44. The first kappa shape index (κ1) is 19.3. The molecule has 0 aliphatic carbocycles. The molecule has 2 aromatic carbocycles. The zero-order valence-corrected chi connectivity index (χ0v) is 16.6. The molecule has 5 nitrogen and oxygen atoms in total. The Kier molecular flexibility index (Phi) is 6.42. The van der Waals surface area contributed by atoms with Gasteiger partial charge in [0.15, 0.2) is 5.17 Å². The minimum atomic E-state index is -0.202. The number of carbonyl (C=O) groups excluding carboxylic acids is 1. The van der Waals surface area contributed by atoms with Crippen molar-refractivity contribution >= 4 is 46.2 Å². The van der Waals surface area contributed by atoms with Crippen molar-refractivity contribution in [1.82, 2.24) is 5.32 Å². The van der Waals surface area contributed by atoms with Gasteiger partial charge in [0.25, 0.3) is 5.91 Å². The lowest BCUT2D eigenvalue weighted by molar-refractivity contribution is -0.115. The highest BCUT2D eigenvalue weighted by molar-refractivity contribution is 8.18. The van der Waals surface area contributed by atoms with Crippen molar-refractivity contribution in [2.75, 3.05) is 13.2 Å². The molecule has 0 spiro atoms. The van der Waals surface area contributed by atoms with Crippen molar-refractivity contribution in [2.45, 2.75) is 13.8 Å². The second-order valence-electron chi connectivity index (χ2n) is 5.52. The lowest BCUT2D eigenvalue weighted by Gasteiger charge is -2.07. The van der Waals surface area contributed by atoms with E-state index in [0.717, 1.165) is 17.0 Å². The summed E-state index contributed by atoms with van der Waals surface area (Å²) < 4.78 is 11.0. The van der Waals surface area contributed by atoms with Gasteiger partial charge in [-0.15, -0.1) is 0 Å². The average molecular weight is 403 g/mol. The third kappa shape index (κ3) is 5.05. The molecule has 140 valence electrons. The van der Waals surface area contributed by atoms with Crippen LogP contribution in [0.25, 0.3) is 6.08 Å². The number of rotatable bonds is 6. The van der Waals surface area contributed by atoms with Crippen LogP contribution in [0.2, 0.25) is 5.02 Å². The van der Waals surface area contributed by atoms with Crippen LogP contribution in [-0.2, 0) is 4.79 Å². The molecule has 0 saturated carbocycles. The number of hydrogen-bond acceptors (Lipinski definition) is 5.